The molecular formula is C31H27FN6O3. The number of rotatable bonds is 6. The highest BCUT2D eigenvalue weighted by molar-refractivity contribution is 5.95. The van der Waals surface area contributed by atoms with Crippen molar-refractivity contribution >= 4 is 17.2 Å². The van der Waals surface area contributed by atoms with Crippen molar-refractivity contribution in [3.8, 4) is 35.3 Å². The topological polar surface area (TPSA) is 107 Å². The number of pyridine rings is 2. The third-order valence-electron chi connectivity index (χ3n) is 7.48. The molecule has 3 aliphatic rings. The van der Waals surface area contributed by atoms with Gasteiger partial charge in [0, 0.05) is 36.0 Å². The first-order valence-corrected chi connectivity index (χ1v) is 13.2. The number of terminal acetylenes is 1. The van der Waals surface area contributed by atoms with Crippen molar-refractivity contribution in [3.05, 3.63) is 77.5 Å². The maximum absolute atomic E-state index is 14.2. The van der Waals surface area contributed by atoms with Crippen LogP contribution in [-0.2, 0) is 0 Å². The van der Waals surface area contributed by atoms with Crippen molar-refractivity contribution in [1.82, 2.24) is 19.5 Å². The van der Waals surface area contributed by atoms with Crippen LogP contribution in [0.4, 0.5) is 10.2 Å². The molecule has 3 aliphatic heterocycles. The van der Waals surface area contributed by atoms with Gasteiger partial charge in [0.05, 0.1) is 46.7 Å². The minimum atomic E-state index is -1.02. The van der Waals surface area contributed by atoms with Crippen LogP contribution in [0.1, 0.15) is 41.8 Å². The summed E-state index contributed by atoms with van der Waals surface area (Å²) in [7, 11) is 0. The van der Waals surface area contributed by atoms with Crippen LogP contribution in [0.25, 0.3) is 16.6 Å². The van der Waals surface area contributed by atoms with Crippen LogP contribution in [0, 0.1) is 29.5 Å². The number of nitrogens with zero attached hydrogens (tertiary/aromatic N) is 6. The average Bonchev–Trinajstić information content (AvgIpc) is 3.38. The van der Waals surface area contributed by atoms with Gasteiger partial charge in [-0.2, -0.15) is 10.4 Å². The second kappa shape index (κ2) is 9.92. The molecule has 0 radical (unpaired) electrons. The summed E-state index contributed by atoms with van der Waals surface area (Å²) in [5, 5.41) is 24.0. The highest BCUT2D eigenvalue weighted by atomic mass is 19.1. The Balaban J connectivity index is 1.21. The molecule has 3 saturated heterocycles. The lowest BCUT2D eigenvalue weighted by Crippen LogP contribution is -2.70. The fourth-order valence-corrected chi connectivity index (χ4v) is 5.51. The second-order valence-corrected chi connectivity index (χ2v) is 11.1. The number of halogens is 1. The summed E-state index contributed by atoms with van der Waals surface area (Å²) < 4.78 is 21.6. The largest absolute Gasteiger partial charge is 0.489 e. The Morgan fingerprint density at radius 2 is 1.98 bits per heavy atom. The first kappa shape index (κ1) is 26.3. The lowest BCUT2D eigenvalue weighted by atomic mass is 9.86. The van der Waals surface area contributed by atoms with Gasteiger partial charge in [0.1, 0.15) is 30.1 Å². The number of piperidine rings is 1. The Bertz CT molecular complexity index is 1730. The lowest BCUT2D eigenvalue weighted by Gasteiger charge is -2.56. The molecule has 41 heavy (non-hydrogen) atoms. The fourth-order valence-electron chi connectivity index (χ4n) is 5.51. The quantitative estimate of drug-likeness (QED) is 0.365. The number of anilines is 1. The first-order chi connectivity index (χ1) is 19.6. The number of ether oxygens (including phenoxy) is 1. The van der Waals surface area contributed by atoms with Crippen molar-refractivity contribution in [2.24, 2.45) is 0 Å². The van der Waals surface area contributed by atoms with Crippen LogP contribution in [-0.4, -0.2) is 67.9 Å². The van der Waals surface area contributed by atoms with Gasteiger partial charge < -0.3 is 19.6 Å². The number of hydrogen-bond donors (Lipinski definition) is 1. The van der Waals surface area contributed by atoms with E-state index in [4.69, 9.17) is 16.1 Å². The third kappa shape index (κ3) is 4.83. The van der Waals surface area contributed by atoms with Gasteiger partial charge >= 0.3 is 0 Å². The number of hydrogen-bond acceptors (Lipinski definition) is 7. The van der Waals surface area contributed by atoms with Crippen molar-refractivity contribution in [3.63, 3.8) is 0 Å². The number of aromatic nitrogens is 3. The predicted octanol–water partition coefficient (Wildman–Crippen LogP) is 3.64. The van der Waals surface area contributed by atoms with E-state index in [0.717, 1.165) is 23.4 Å². The summed E-state index contributed by atoms with van der Waals surface area (Å²) in [4.78, 5) is 21.8. The average molecular weight is 551 g/mol. The molecule has 1 amide bonds. The molecule has 2 atom stereocenters. The standard InChI is InChI=1S/C31H27FN6O3/c1-4-19-5-6-20(9-27(19)32)30(39)38-23-10-24(38)16-36(15-23)28-8-7-21(13-34-28)26-11-25(41-18-31(2,3)40)17-37-29(26)22(12-33)14-35-37/h1,5-9,11,13-14,17,23-24,40H,10,15-16,18H2,2-3H3. The van der Waals surface area contributed by atoms with Crippen molar-refractivity contribution < 1.29 is 19.0 Å². The van der Waals surface area contributed by atoms with Crippen LogP contribution < -0.4 is 9.64 Å². The van der Waals surface area contributed by atoms with E-state index in [-0.39, 0.29) is 30.2 Å². The molecule has 4 aromatic rings. The molecule has 3 aromatic heterocycles. The van der Waals surface area contributed by atoms with Crippen LogP contribution >= 0.6 is 0 Å². The molecule has 10 heteroatoms. The van der Waals surface area contributed by atoms with Gasteiger partial charge in [0.15, 0.2) is 0 Å². The SMILES string of the molecule is C#Cc1ccc(C(=O)N2C3CC2CN(c2ccc(-c4cc(OCC(C)(C)O)cn5ncc(C#N)c45)cn2)C3)cc1F. The summed E-state index contributed by atoms with van der Waals surface area (Å²) in [6.07, 6.45) is 11.1. The van der Waals surface area contributed by atoms with Crippen molar-refractivity contribution in [2.45, 2.75) is 38.0 Å². The van der Waals surface area contributed by atoms with Gasteiger partial charge in [-0.05, 0) is 56.7 Å². The maximum Gasteiger partial charge on any atom is 0.254 e. The molecule has 2 unspecified atom stereocenters. The summed E-state index contributed by atoms with van der Waals surface area (Å²) in [5.41, 5.74) is 1.98. The smallest absolute Gasteiger partial charge is 0.254 e. The monoisotopic (exact) mass is 550 g/mol. The Labute approximate surface area is 236 Å². The van der Waals surface area contributed by atoms with Crippen LogP contribution in [0.2, 0.25) is 0 Å². The molecule has 2 bridgehead atoms. The Morgan fingerprint density at radius 1 is 1.20 bits per heavy atom. The molecule has 9 nitrogen and oxygen atoms in total. The minimum absolute atomic E-state index is 0.00677. The lowest BCUT2D eigenvalue weighted by molar-refractivity contribution is 0.00572. The molecule has 3 fully saturated rings. The van der Waals surface area contributed by atoms with Crippen molar-refractivity contribution in [2.75, 3.05) is 24.6 Å². The zero-order valence-electron chi connectivity index (χ0n) is 22.6. The zero-order valence-corrected chi connectivity index (χ0v) is 22.6. The van der Waals surface area contributed by atoms with Gasteiger partial charge in [-0.15, -0.1) is 6.42 Å². The molecule has 0 spiro atoms. The highest BCUT2D eigenvalue weighted by Crippen LogP contribution is 2.37. The Kier molecular flexibility index (Phi) is 6.36. The number of carbonyl (C=O) groups excluding carboxylic acids is 1. The molecule has 1 aromatic carbocycles. The van der Waals surface area contributed by atoms with Gasteiger partial charge in [-0.25, -0.2) is 13.9 Å². The zero-order chi connectivity index (χ0) is 28.9. The molecule has 6 heterocycles. The second-order valence-electron chi connectivity index (χ2n) is 11.1. The third-order valence-corrected chi connectivity index (χ3v) is 7.48. The van der Waals surface area contributed by atoms with Crippen LogP contribution in [0.5, 0.6) is 5.75 Å². The van der Waals surface area contributed by atoms with Crippen LogP contribution in [0.3, 0.4) is 0 Å². The molecule has 0 aliphatic carbocycles. The normalized spacial score (nSPS) is 18.0. The van der Waals surface area contributed by atoms with Gasteiger partial charge in [0.25, 0.3) is 5.91 Å². The van der Waals surface area contributed by atoms with Gasteiger partial charge in [0.2, 0.25) is 0 Å². The van der Waals surface area contributed by atoms with E-state index in [2.05, 4.69) is 22.0 Å². The summed E-state index contributed by atoms with van der Waals surface area (Å²) >= 11 is 0. The van der Waals surface area contributed by atoms with Crippen molar-refractivity contribution in [1.29, 1.82) is 5.26 Å². The summed E-state index contributed by atoms with van der Waals surface area (Å²) in [6.45, 7) is 4.64. The van der Waals surface area contributed by atoms with Gasteiger partial charge in [-0.3, -0.25) is 4.79 Å². The fraction of sp³-hybridized carbons (Fsp3) is 0.290. The summed E-state index contributed by atoms with van der Waals surface area (Å²) in [5.74, 6) is 2.79. The number of fused-ring (bicyclic) bond motifs is 3. The van der Waals surface area contributed by atoms with Crippen LogP contribution in [0.15, 0.2) is 55.0 Å². The molecular weight excluding hydrogens is 523 g/mol. The predicted molar refractivity (Wildman–Crippen MR) is 150 cm³/mol. The van der Waals surface area contributed by atoms with E-state index >= 15 is 0 Å². The number of carbonyl (C=O) groups is 1. The molecule has 206 valence electrons. The Morgan fingerprint density at radius 3 is 2.61 bits per heavy atom. The van der Waals surface area contributed by atoms with E-state index in [1.54, 1.807) is 36.8 Å². The van der Waals surface area contributed by atoms with E-state index in [9.17, 15) is 19.6 Å². The summed E-state index contributed by atoms with van der Waals surface area (Å²) in [6, 6.07) is 12.1. The number of aliphatic hydroxyl groups is 1. The highest BCUT2D eigenvalue weighted by Gasteiger charge is 2.47. The number of piperazine rings is 1. The molecule has 1 N–H and O–H groups in total. The first-order valence-electron chi connectivity index (χ1n) is 13.2. The Hall–Kier alpha value is -4.93. The maximum atomic E-state index is 14.2. The van der Waals surface area contributed by atoms with E-state index in [1.807, 2.05) is 23.1 Å². The number of benzene rings is 1. The van der Waals surface area contributed by atoms with E-state index in [0.29, 0.717) is 35.5 Å². The van der Waals surface area contributed by atoms with E-state index in [1.165, 1.54) is 18.3 Å². The van der Waals surface area contributed by atoms with Gasteiger partial charge in [-0.1, -0.05) is 5.92 Å². The number of amides is 1. The minimum Gasteiger partial charge on any atom is -0.489 e. The van der Waals surface area contributed by atoms with E-state index < -0.39 is 11.4 Å². The molecule has 0 saturated carbocycles. The number of nitriles is 1. The molecule has 7 rings (SSSR count).